The van der Waals surface area contributed by atoms with E-state index < -0.39 is 10.7 Å². The molecule has 4 nitrogen and oxygen atoms in total. The van der Waals surface area contributed by atoms with Crippen LogP contribution in [0.1, 0.15) is 5.56 Å². The summed E-state index contributed by atoms with van der Waals surface area (Å²) >= 11 is 3.31. The lowest BCUT2D eigenvalue weighted by atomic mass is 10.2. The summed E-state index contributed by atoms with van der Waals surface area (Å²) in [7, 11) is 0. The quantitative estimate of drug-likeness (QED) is 0.628. The Balaban J connectivity index is 2.15. The Morgan fingerprint density at radius 3 is 2.53 bits per heavy atom. The maximum absolute atomic E-state index is 12.9. The average molecular weight is 326 g/mol. The predicted molar refractivity (Wildman–Crippen MR) is 71.5 cm³/mol. The summed E-state index contributed by atoms with van der Waals surface area (Å²) in [5.74, 6) is -0.614. The van der Waals surface area contributed by atoms with E-state index in [4.69, 9.17) is 4.74 Å². The van der Waals surface area contributed by atoms with E-state index in [9.17, 15) is 14.5 Å². The summed E-state index contributed by atoms with van der Waals surface area (Å²) in [6.07, 6.45) is 0. The lowest BCUT2D eigenvalue weighted by Gasteiger charge is -2.07. The highest BCUT2D eigenvalue weighted by molar-refractivity contribution is 9.10. The van der Waals surface area contributed by atoms with Crippen LogP contribution in [-0.4, -0.2) is 4.92 Å². The maximum atomic E-state index is 12.9. The zero-order valence-corrected chi connectivity index (χ0v) is 11.3. The average Bonchev–Trinajstić information content (AvgIpc) is 2.39. The van der Waals surface area contributed by atoms with E-state index in [1.807, 2.05) is 24.3 Å². The Kier molecular flexibility index (Phi) is 4.11. The van der Waals surface area contributed by atoms with Gasteiger partial charge in [-0.3, -0.25) is 10.1 Å². The molecule has 0 aliphatic carbocycles. The standard InChI is InChI=1S/C13H9BrFNO3/c14-10-3-1-9(2-4-10)8-19-13-6-5-11(15)7-12(13)16(17)18/h1-7H,8H2. The zero-order chi connectivity index (χ0) is 13.8. The molecule has 0 amide bonds. The monoisotopic (exact) mass is 325 g/mol. The van der Waals surface area contributed by atoms with Crippen molar-refractivity contribution in [3.8, 4) is 5.75 Å². The van der Waals surface area contributed by atoms with Crippen LogP contribution in [-0.2, 0) is 6.61 Å². The highest BCUT2D eigenvalue weighted by atomic mass is 79.9. The molecule has 19 heavy (non-hydrogen) atoms. The third-order valence-corrected chi connectivity index (χ3v) is 2.95. The van der Waals surface area contributed by atoms with Crippen molar-refractivity contribution in [2.24, 2.45) is 0 Å². The minimum atomic E-state index is -0.667. The smallest absolute Gasteiger partial charge is 0.313 e. The first-order chi connectivity index (χ1) is 9.06. The Morgan fingerprint density at radius 2 is 1.89 bits per heavy atom. The van der Waals surface area contributed by atoms with Gasteiger partial charge >= 0.3 is 5.69 Å². The van der Waals surface area contributed by atoms with Crippen LogP contribution < -0.4 is 4.74 Å². The van der Waals surface area contributed by atoms with Gasteiger partial charge in [0.2, 0.25) is 0 Å². The molecule has 2 aromatic carbocycles. The highest BCUT2D eigenvalue weighted by Gasteiger charge is 2.16. The van der Waals surface area contributed by atoms with E-state index in [0.29, 0.717) is 0 Å². The summed E-state index contributed by atoms with van der Waals surface area (Å²) < 4.78 is 19.2. The van der Waals surface area contributed by atoms with Crippen molar-refractivity contribution in [3.05, 3.63) is 68.4 Å². The van der Waals surface area contributed by atoms with Gasteiger partial charge in [0.05, 0.1) is 11.0 Å². The van der Waals surface area contributed by atoms with Crippen LogP contribution in [0.5, 0.6) is 5.75 Å². The molecule has 0 saturated carbocycles. The molecule has 2 aromatic rings. The predicted octanol–water partition coefficient (Wildman–Crippen LogP) is 4.08. The first-order valence-electron chi connectivity index (χ1n) is 5.37. The van der Waals surface area contributed by atoms with Crippen LogP contribution >= 0.6 is 15.9 Å². The van der Waals surface area contributed by atoms with Crippen LogP contribution in [0.2, 0.25) is 0 Å². The number of rotatable bonds is 4. The Hall–Kier alpha value is -1.95. The second-order valence-corrected chi connectivity index (χ2v) is 4.70. The van der Waals surface area contributed by atoms with E-state index in [1.165, 1.54) is 6.07 Å². The summed E-state index contributed by atoms with van der Waals surface area (Å²) in [5.41, 5.74) is 0.485. The van der Waals surface area contributed by atoms with Crippen LogP contribution in [0.4, 0.5) is 10.1 Å². The van der Waals surface area contributed by atoms with Crippen molar-refractivity contribution in [2.45, 2.75) is 6.61 Å². The molecule has 2 rings (SSSR count). The fraction of sp³-hybridized carbons (Fsp3) is 0.0769. The number of halogens is 2. The Bertz CT molecular complexity index is 601. The second kappa shape index (κ2) is 5.79. The molecule has 0 aromatic heterocycles. The summed E-state index contributed by atoms with van der Waals surface area (Å²) in [4.78, 5) is 10.1. The number of hydrogen-bond acceptors (Lipinski definition) is 3. The highest BCUT2D eigenvalue weighted by Crippen LogP contribution is 2.28. The van der Waals surface area contributed by atoms with E-state index in [0.717, 1.165) is 22.2 Å². The minimum absolute atomic E-state index is 0.0503. The second-order valence-electron chi connectivity index (χ2n) is 3.78. The van der Waals surface area contributed by atoms with Crippen LogP contribution in [0.25, 0.3) is 0 Å². The molecule has 0 N–H and O–H groups in total. The number of benzene rings is 2. The Morgan fingerprint density at radius 1 is 1.21 bits per heavy atom. The molecule has 0 bridgehead atoms. The molecule has 0 aliphatic heterocycles. The first-order valence-corrected chi connectivity index (χ1v) is 6.17. The molecule has 0 fully saturated rings. The van der Waals surface area contributed by atoms with E-state index in [2.05, 4.69) is 15.9 Å². The van der Waals surface area contributed by atoms with Gasteiger partial charge in [-0.15, -0.1) is 0 Å². The van der Waals surface area contributed by atoms with Gasteiger partial charge in [0.15, 0.2) is 5.75 Å². The first kappa shape index (κ1) is 13.5. The van der Waals surface area contributed by atoms with Crippen molar-refractivity contribution < 1.29 is 14.1 Å². The van der Waals surface area contributed by atoms with E-state index >= 15 is 0 Å². The summed E-state index contributed by atoms with van der Waals surface area (Å²) in [6, 6.07) is 10.6. The van der Waals surface area contributed by atoms with E-state index in [-0.39, 0.29) is 18.0 Å². The third kappa shape index (κ3) is 3.51. The molecule has 0 radical (unpaired) electrons. The van der Waals surface area contributed by atoms with Crippen molar-refractivity contribution >= 4 is 21.6 Å². The summed E-state index contributed by atoms with van der Waals surface area (Å²) in [5, 5.41) is 10.8. The van der Waals surface area contributed by atoms with Gasteiger partial charge in [-0.05, 0) is 29.8 Å². The molecule has 0 atom stereocenters. The fourth-order valence-electron chi connectivity index (χ4n) is 1.50. The maximum Gasteiger partial charge on any atom is 0.313 e. The van der Waals surface area contributed by atoms with Gasteiger partial charge in [0.25, 0.3) is 0 Å². The zero-order valence-electron chi connectivity index (χ0n) is 9.68. The number of ether oxygens (including phenoxy) is 1. The third-order valence-electron chi connectivity index (χ3n) is 2.43. The van der Waals surface area contributed by atoms with Gasteiger partial charge < -0.3 is 4.74 Å². The minimum Gasteiger partial charge on any atom is -0.482 e. The molecular formula is C13H9BrFNO3. The van der Waals surface area contributed by atoms with Crippen LogP contribution in [0.15, 0.2) is 46.9 Å². The summed E-state index contributed by atoms with van der Waals surface area (Å²) in [6.45, 7) is 0.180. The number of nitrogens with zero attached hydrogens (tertiary/aromatic N) is 1. The van der Waals surface area contributed by atoms with Crippen molar-refractivity contribution in [3.63, 3.8) is 0 Å². The van der Waals surface area contributed by atoms with Gasteiger partial charge in [0.1, 0.15) is 12.4 Å². The van der Waals surface area contributed by atoms with Gasteiger partial charge in [-0.2, -0.15) is 0 Å². The Labute approximate surface area is 117 Å². The SMILES string of the molecule is O=[N+]([O-])c1cc(F)ccc1OCc1ccc(Br)cc1. The molecule has 6 heteroatoms. The van der Waals surface area contributed by atoms with Gasteiger partial charge in [-0.25, -0.2) is 4.39 Å². The molecule has 0 aliphatic rings. The fourth-order valence-corrected chi connectivity index (χ4v) is 1.76. The molecule has 0 unspecified atom stereocenters. The van der Waals surface area contributed by atoms with Crippen molar-refractivity contribution in [2.75, 3.05) is 0 Å². The molecule has 0 heterocycles. The van der Waals surface area contributed by atoms with Gasteiger partial charge in [0, 0.05) is 4.47 Å². The van der Waals surface area contributed by atoms with Crippen molar-refractivity contribution in [1.29, 1.82) is 0 Å². The van der Waals surface area contributed by atoms with Crippen molar-refractivity contribution in [1.82, 2.24) is 0 Å². The molecule has 98 valence electrons. The number of nitro benzene ring substituents is 1. The number of hydrogen-bond donors (Lipinski definition) is 0. The largest absolute Gasteiger partial charge is 0.482 e. The number of nitro groups is 1. The normalized spacial score (nSPS) is 10.2. The van der Waals surface area contributed by atoms with Gasteiger partial charge in [-0.1, -0.05) is 28.1 Å². The lowest BCUT2D eigenvalue weighted by molar-refractivity contribution is -0.386. The molecule has 0 saturated heterocycles. The lowest BCUT2D eigenvalue weighted by Crippen LogP contribution is -1.99. The topological polar surface area (TPSA) is 52.4 Å². The molecule has 0 spiro atoms. The van der Waals surface area contributed by atoms with E-state index in [1.54, 1.807) is 0 Å². The molecular weight excluding hydrogens is 317 g/mol. The van der Waals surface area contributed by atoms with Crippen LogP contribution in [0.3, 0.4) is 0 Å². The van der Waals surface area contributed by atoms with Crippen LogP contribution in [0, 0.1) is 15.9 Å².